The van der Waals surface area contributed by atoms with Gasteiger partial charge in [-0.05, 0) is 26.3 Å². The van der Waals surface area contributed by atoms with E-state index in [0.717, 1.165) is 17.0 Å². The van der Waals surface area contributed by atoms with Gasteiger partial charge in [0.1, 0.15) is 6.04 Å². The van der Waals surface area contributed by atoms with Crippen LogP contribution < -0.4 is 11.1 Å². The second-order valence-corrected chi connectivity index (χ2v) is 5.68. The summed E-state index contributed by atoms with van der Waals surface area (Å²) in [4.78, 5) is 24.3. The summed E-state index contributed by atoms with van der Waals surface area (Å²) in [5, 5.41) is 7.08. The monoisotopic (exact) mass is 314 g/mol. The molecule has 0 aliphatic carbocycles. The maximum Gasteiger partial charge on any atom is 0.244 e. The van der Waals surface area contributed by atoms with E-state index in [1.165, 1.54) is 0 Å². The van der Waals surface area contributed by atoms with Gasteiger partial charge in [-0.15, -0.1) is 0 Å². The average molecular weight is 314 g/mol. The molecule has 1 aromatic heterocycles. The molecule has 2 amide bonds. The van der Waals surface area contributed by atoms with Crippen molar-refractivity contribution in [3.05, 3.63) is 52.8 Å². The maximum atomic E-state index is 12.6. The van der Waals surface area contributed by atoms with Crippen molar-refractivity contribution in [2.45, 2.75) is 32.7 Å². The van der Waals surface area contributed by atoms with Gasteiger partial charge in [0.25, 0.3) is 0 Å². The van der Waals surface area contributed by atoms with Crippen LogP contribution in [0.2, 0.25) is 0 Å². The smallest absolute Gasteiger partial charge is 0.244 e. The zero-order valence-electron chi connectivity index (χ0n) is 13.8. The highest BCUT2D eigenvalue weighted by Gasteiger charge is 2.27. The van der Waals surface area contributed by atoms with E-state index in [2.05, 4.69) is 10.4 Å². The number of hydrogen-bond donors (Lipinski definition) is 2. The fourth-order valence-electron chi connectivity index (χ4n) is 2.78. The van der Waals surface area contributed by atoms with Gasteiger partial charge in [0.05, 0.1) is 11.6 Å². The molecule has 0 spiro atoms. The minimum atomic E-state index is -0.844. The number of primary amides is 1. The highest BCUT2D eigenvalue weighted by atomic mass is 16.2. The Balaban J connectivity index is 2.24. The van der Waals surface area contributed by atoms with Gasteiger partial charge in [-0.1, -0.05) is 30.3 Å². The lowest BCUT2D eigenvalue weighted by Crippen LogP contribution is -2.39. The summed E-state index contributed by atoms with van der Waals surface area (Å²) in [7, 11) is 1.84. The second-order valence-electron chi connectivity index (χ2n) is 5.68. The summed E-state index contributed by atoms with van der Waals surface area (Å²) < 4.78 is 1.75. The lowest BCUT2D eigenvalue weighted by atomic mass is 9.97. The zero-order chi connectivity index (χ0) is 17.1. The van der Waals surface area contributed by atoms with Crippen LogP contribution in [0.3, 0.4) is 0 Å². The first-order chi connectivity index (χ1) is 10.8. The number of rotatable bonds is 5. The molecule has 0 fully saturated rings. The Hall–Kier alpha value is -2.63. The Bertz CT molecular complexity index is 722. The van der Waals surface area contributed by atoms with Gasteiger partial charge < -0.3 is 11.1 Å². The van der Waals surface area contributed by atoms with Crippen LogP contribution >= 0.6 is 0 Å². The van der Waals surface area contributed by atoms with Crippen LogP contribution in [-0.2, 0) is 16.6 Å². The molecule has 6 heteroatoms. The Morgan fingerprint density at radius 3 is 2.30 bits per heavy atom. The topological polar surface area (TPSA) is 90.0 Å². The van der Waals surface area contributed by atoms with Gasteiger partial charge in [0, 0.05) is 18.3 Å². The van der Waals surface area contributed by atoms with Crippen molar-refractivity contribution in [1.82, 2.24) is 15.1 Å². The molecule has 0 aliphatic rings. The van der Waals surface area contributed by atoms with Crippen LogP contribution in [0, 0.1) is 13.8 Å². The van der Waals surface area contributed by atoms with Crippen LogP contribution in [0.15, 0.2) is 30.3 Å². The van der Waals surface area contributed by atoms with Crippen molar-refractivity contribution in [2.75, 3.05) is 0 Å². The van der Waals surface area contributed by atoms with Crippen molar-refractivity contribution < 1.29 is 9.59 Å². The van der Waals surface area contributed by atoms with Crippen molar-refractivity contribution in [3.8, 4) is 0 Å². The minimum absolute atomic E-state index is 0.253. The summed E-state index contributed by atoms with van der Waals surface area (Å²) in [5.41, 5.74) is 8.73. The molecule has 2 atom stereocenters. The highest BCUT2D eigenvalue weighted by molar-refractivity contribution is 5.90. The summed E-state index contributed by atoms with van der Waals surface area (Å²) in [6.07, 6.45) is 0. The number of nitrogens with two attached hydrogens (primary N) is 1. The lowest BCUT2D eigenvalue weighted by Gasteiger charge is -2.19. The summed E-state index contributed by atoms with van der Waals surface area (Å²) in [5.74, 6) is -1.26. The molecule has 2 aromatic rings. The molecule has 0 unspecified atom stereocenters. The quantitative estimate of drug-likeness (QED) is 0.876. The van der Waals surface area contributed by atoms with E-state index in [1.807, 2.05) is 27.0 Å². The maximum absolute atomic E-state index is 12.6. The molecule has 0 aliphatic heterocycles. The molecule has 122 valence electrons. The molecule has 3 N–H and O–H groups in total. The van der Waals surface area contributed by atoms with Gasteiger partial charge >= 0.3 is 0 Å². The van der Waals surface area contributed by atoms with Gasteiger partial charge in [0.15, 0.2) is 0 Å². The molecule has 1 aromatic carbocycles. The van der Waals surface area contributed by atoms with Crippen LogP contribution in [0.1, 0.15) is 41.4 Å². The van der Waals surface area contributed by atoms with E-state index in [-0.39, 0.29) is 5.91 Å². The molecular weight excluding hydrogens is 292 g/mol. The van der Waals surface area contributed by atoms with E-state index in [0.29, 0.717) is 5.56 Å². The van der Waals surface area contributed by atoms with Crippen LogP contribution in [-0.4, -0.2) is 21.6 Å². The van der Waals surface area contributed by atoms with Crippen LogP contribution in [0.4, 0.5) is 0 Å². The van der Waals surface area contributed by atoms with Gasteiger partial charge in [-0.25, -0.2) is 0 Å². The van der Waals surface area contributed by atoms with E-state index < -0.39 is 17.9 Å². The standard InChI is InChI=1S/C17H22N4O2/c1-10(14-11(2)20-21(4)12(14)3)17(23)19-15(16(18)22)13-8-6-5-7-9-13/h5-10,15H,1-4H3,(H2,18,22)(H,19,23)/t10-,15+/m1/s1. The molecule has 1 heterocycles. The Kier molecular flexibility index (Phi) is 4.83. The summed E-state index contributed by atoms with van der Waals surface area (Å²) in [6.45, 7) is 5.59. The molecule has 23 heavy (non-hydrogen) atoms. The molecule has 0 radical (unpaired) electrons. The average Bonchev–Trinajstić information content (AvgIpc) is 2.77. The largest absolute Gasteiger partial charge is 0.368 e. The van der Waals surface area contributed by atoms with Gasteiger partial charge in [-0.3, -0.25) is 14.3 Å². The molecule has 6 nitrogen and oxygen atoms in total. The van der Waals surface area contributed by atoms with E-state index >= 15 is 0 Å². The SMILES string of the molecule is Cc1nn(C)c(C)c1[C@@H](C)C(=O)N[C@H](C(N)=O)c1ccccc1. The molecule has 0 saturated carbocycles. The fraction of sp³-hybridized carbons (Fsp3) is 0.353. The number of aromatic nitrogens is 2. The zero-order valence-corrected chi connectivity index (χ0v) is 13.8. The number of nitrogens with zero attached hydrogens (tertiary/aromatic N) is 2. The normalized spacial score (nSPS) is 13.4. The number of carbonyl (C=O) groups is 2. The fourth-order valence-corrected chi connectivity index (χ4v) is 2.78. The number of amides is 2. The van der Waals surface area contributed by atoms with Crippen molar-refractivity contribution in [2.24, 2.45) is 12.8 Å². The van der Waals surface area contributed by atoms with Crippen molar-refractivity contribution >= 4 is 11.8 Å². The number of nitrogens with one attached hydrogen (secondary N) is 1. The first-order valence-electron chi connectivity index (χ1n) is 7.47. The van der Waals surface area contributed by atoms with Gasteiger partial charge in [0.2, 0.25) is 11.8 Å². The Morgan fingerprint density at radius 1 is 1.22 bits per heavy atom. The Labute approximate surface area is 135 Å². The third-order valence-electron chi connectivity index (χ3n) is 4.10. The third kappa shape index (κ3) is 3.41. The summed E-state index contributed by atoms with van der Waals surface area (Å²) >= 11 is 0. The predicted octanol–water partition coefficient (Wildman–Crippen LogP) is 1.48. The van der Waals surface area contributed by atoms with E-state index in [1.54, 1.807) is 35.9 Å². The molecule has 0 bridgehead atoms. The lowest BCUT2D eigenvalue weighted by molar-refractivity contribution is -0.128. The second kappa shape index (κ2) is 6.64. The van der Waals surface area contributed by atoms with Crippen LogP contribution in [0.25, 0.3) is 0 Å². The van der Waals surface area contributed by atoms with Crippen molar-refractivity contribution in [1.29, 1.82) is 0 Å². The van der Waals surface area contributed by atoms with E-state index in [9.17, 15) is 9.59 Å². The highest BCUT2D eigenvalue weighted by Crippen LogP contribution is 2.24. The number of hydrogen-bond acceptors (Lipinski definition) is 3. The first-order valence-corrected chi connectivity index (χ1v) is 7.47. The number of carbonyl (C=O) groups excluding carboxylic acids is 2. The minimum Gasteiger partial charge on any atom is -0.368 e. The van der Waals surface area contributed by atoms with E-state index in [4.69, 9.17) is 5.73 Å². The number of aryl methyl sites for hydroxylation is 2. The summed E-state index contributed by atoms with van der Waals surface area (Å²) in [6, 6.07) is 8.13. The third-order valence-corrected chi connectivity index (χ3v) is 4.10. The molecular formula is C17H22N4O2. The first kappa shape index (κ1) is 16.7. The van der Waals surface area contributed by atoms with Gasteiger partial charge in [-0.2, -0.15) is 5.10 Å². The predicted molar refractivity (Wildman–Crippen MR) is 87.6 cm³/mol. The molecule has 0 saturated heterocycles. The molecule has 2 rings (SSSR count). The van der Waals surface area contributed by atoms with Crippen LogP contribution in [0.5, 0.6) is 0 Å². The van der Waals surface area contributed by atoms with Crippen molar-refractivity contribution in [3.63, 3.8) is 0 Å². The Morgan fingerprint density at radius 2 is 1.83 bits per heavy atom. The number of benzene rings is 1.